The number of hydrogen-bond acceptors (Lipinski definition) is 4. The number of anilines is 2. The maximum atomic E-state index is 12.0. The Balaban J connectivity index is 2.60. The molecule has 0 saturated heterocycles. The number of amides is 2. The largest absolute Gasteiger partial charge is 0.390 e. The van der Waals surface area contributed by atoms with Crippen molar-refractivity contribution < 1.29 is 9.59 Å². The number of nitrogens with zero attached hydrogens (tertiary/aromatic N) is 1. The zero-order valence-electron chi connectivity index (χ0n) is 13.6. The maximum absolute atomic E-state index is 12.0. The van der Waals surface area contributed by atoms with Crippen LogP contribution in [0.15, 0.2) is 36.0 Å². The standard InChI is InChI=1S/C17H22N4O2/c1-12(2)8-9-19-11-14(10-18)17(23)21-16-6-4-15(5-7-16)20-13(3)22/h4-7,11-12,19H,8-9H2,1-3H3,(H,20,22)(H,21,23)/b14-11-. The Morgan fingerprint density at radius 3 is 2.22 bits per heavy atom. The lowest BCUT2D eigenvalue weighted by atomic mass is 10.1. The number of hydrogen-bond donors (Lipinski definition) is 3. The van der Waals surface area contributed by atoms with Gasteiger partial charge in [0.25, 0.3) is 5.91 Å². The summed E-state index contributed by atoms with van der Waals surface area (Å²) >= 11 is 0. The van der Waals surface area contributed by atoms with Gasteiger partial charge in [0.05, 0.1) is 0 Å². The SMILES string of the molecule is CC(=O)Nc1ccc(NC(=O)/C(C#N)=C\NCCC(C)C)cc1. The highest BCUT2D eigenvalue weighted by Gasteiger charge is 2.09. The Morgan fingerprint density at radius 2 is 1.74 bits per heavy atom. The summed E-state index contributed by atoms with van der Waals surface area (Å²) in [6, 6.07) is 8.54. The van der Waals surface area contributed by atoms with Gasteiger partial charge in [0, 0.05) is 31.0 Å². The summed E-state index contributed by atoms with van der Waals surface area (Å²) in [6.45, 7) is 6.34. The van der Waals surface area contributed by atoms with Crippen LogP contribution in [0.1, 0.15) is 27.2 Å². The fourth-order valence-electron chi connectivity index (χ4n) is 1.73. The summed E-state index contributed by atoms with van der Waals surface area (Å²) in [6.07, 6.45) is 2.39. The number of rotatable bonds is 7. The second-order valence-electron chi connectivity index (χ2n) is 5.52. The quantitative estimate of drug-likeness (QED) is 0.410. The van der Waals surface area contributed by atoms with Gasteiger partial charge in [-0.15, -0.1) is 0 Å². The third-order valence-corrected chi connectivity index (χ3v) is 2.94. The lowest BCUT2D eigenvalue weighted by molar-refractivity contribution is -0.114. The van der Waals surface area contributed by atoms with Gasteiger partial charge in [-0.1, -0.05) is 13.8 Å². The number of carbonyl (C=O) groups excluding carboxylic acids is 2. The van der Waals surface area contributed by atoms with Gasteiger partial charge >= 0.3 is 0 Å². The summed E-state index contributed by atoms with van der Waals surface area (Å²) in [4.78, 5) is 23.0. The highest BCUT2D eigenvalue weighted by Crippen LogP contribution is 2.14. The van der Waals surface area contributed by atoms with E-state index in [0.717, 1.165) is 6.42 Å². The minimum atomic E-state index is -0.475. The predicted octanol–water partition coefficient (Wildman–Crippen LogP) is 2.63. The molecular formula is C17H22N4O2. The predicted molar refractivity (Wildman–Crippen MR) is 90.5 cm³/mol. The van der Waals surface area contributed by atoms with Crippen LogP contribution < -0.4 is 16.0 Å². The molecule has 6 heteroatoms. The molecule has 0 heterocycles. The summed E-state index contributed by atoms with van der Waals surface area (Å²) < 4.78 is 0. The molecule has 6 nitrogen and oxygen atoms in total. The van der Waals surface area contributed by atoms with Crippen LogP contribution in [-0.4, -0.2) is 18.4 Å². The van der Waals surface area contributed by atoms with E-state index >= 15 is 0 Å². The van der Waals surface area contributed by atoms with Crippen molar-refractivity contribution in [2.24, 2.45) is 5.92 Å². The fourth-order valence-corrected chi connectivity index (χ4v) is 1.73. The van der Waals surface area contributed by atoms with Crippen LogP contribution in [0.3, 0.4) is 0 Å². The van der Waals surface area contributed by atoms with Crippen LogP contribution in [0.4, 0.5) is 11.4 Å². The Morgan fingerprint density at radius 1 is 1.17 bits per heavy atom. The van der Waals surface area contributed by atoms with Crippen molar-refractivity contribution in [1.82, 2.24) is 5.32 Å². The van der Waals surface area contributed by atoms with Gasteiger partial charge in [-0.05, 0) is 36.6 Å². The monoisotopic (exact) mass is 314 g/mol. The molecule has 0 atom stereocenters. The smallest absolute Gasteiger partial charge is 0.267 e. The molecule has 1 aromatic carbocycles. The van der Waals surface area contributed by atoms with Gasteiger partial charge < -0.3 is 16.0 Å². The maximum Gasteiger partial charge on any atom is 0.267 e. The normalized spacial score (nSPS) is 10.8. The van der Waals surface area contributed by atoms with Crippen LogP contribution in [0.5, 0.6) is 0 Å². The summed E-state index contributed by atoms with van der Waals surface area (Å²) in [5.74, 6) is -0.0850. The molecule has 2 amide bonds. The summed E-state index contributed by atoms with van der Waals surface area (Å²) in [5, 5.41) is 17.3. The molecule has 1 rings (SSSR count). The molecule has 3 N–H and O–H groups in total. The second kappa shape index (κ2) is 9.26. The first-order chi connectivity index (χ1) is 10.9. The van der Waals surface area contributed by atoms with Crippen molar-refractivity contribution >= 4 is 23.2 Å². The number of nitriles is 1. The first-order valence-electron chi connectivity index (χ1n) is 7.45. The van der Waals surface area contributed by atoms with Crippen molar-refractivity contribution in [2.45, 2.75) is 27.2 Å². The highest BCUT2D eigenvalue weighted by molar-refractivity contribution is 6.06. The minimum Gasteiger partial charge on any atom is -0.390 e. The lowest BCUT2D eigenvalue weighted by Gasteiger charge is -2.07. The van der Waals surface area contributed by atoms with Crippen molar-refractivity contribution in [3.8, 4) is 6.07 Å². The van der Waals surface area contributed by atoms with Crippen LogP contribution in [-0.2, 0) is 9.59 Å². The van der Waals surface area contributed by atoms with Crippen molar-refractivity contribution in [3.63, 3.8) is 0 Å². The molecule has 0 aliphatic heterocycles. The molecule has 0 fully saturated rings. The van der Waals surface area contributed by atoms with Crippen LogP contribution in [0, 0.1) is 17.2 Å². The lowest BCUT2D eigenvalue weighted by Crippen LogP contribution is -2.17. The first-order valence-corrected chi connectivity index (χ1v) is 7.45. The second-order valence-corrected chi connectivity index (χ2v) is 5.52. The molecule has 0 unspecified atom stereocenters. The molecule has 0 aromatic heterocycles. The first kappa shape index (κ1) is 18.2. The van der Waals surface area contributed by atoms with Gasteiger partial charge in [0.15, 0.2) is 0 Å². The zero-order chi connectivity index (χ0) is 17.2. The van der Waals surface area contributed by atoms with E-state index in [0.29, 0.717) is 23.8 Å². The number of carbonyl (C=O) groups is 2. The van der Waals surface area contributed by atoms with E-state index in [4.69, 9.17) is 5.26 Å². The molecule has 0 aliphatic rings. The molecule has 0 aliphatic carbocycles. The average Bonchev–Trinajstić information content (AvgIpc) is 2.48. The Bertz CT molecular complexity index is 612. The topological polar surface area (TPSA) is 94.0 Å². The molecular weight excluding hydrogens is 292 g/mol. The van der Waals surface area contributed by atoms with Crippen LogP contribution in [0.2, 0.25) is 0 Å². The van der Waals surface area contributed by atoms with Gasteiger partial charge in [-0.3, -0.25) is 9.59 Å². The minimum absolute atomic E-state index is 0.0136. The molecule has 23 heavy (non-hydrogen) atoms. The average molecular weight is 314 g/mol. The van der Waals surface area contributed by atoms with Crippen LogP contribution in [0.25, 0.3) is 0 Å². The Hall–Kier alpha value is -2.81. The van der Waals surface area contributed by atoms with E-state index in [9.17, 15) is 9.59 Å². The Labute approximate surface area is 136 Å². The fraction of sp³-hybridized carbons (Fsp3) is 0.353. The van der Waals surface area contributed by atoms with Crippen LogP contribution >= 0.6 is 0 Å². The molecule has 122 valence electrons. The summed E-state index contributed by atoms with van der Waals surface area (Å²) in [7, 11) is 0. The van der Waals surface area contributed by atoms with E-state index in [2.05, 4.69) is 29.8 Å². The Kier molecular flexibility index (Phi) is 7.34. The molecule has 0 saturated carbocycles. The molecule has 0 bridgehead atoms. The van der Waals surface area contributed by atoms with E-state index in [1.165, 1.54) is 13.1 Å². The van der Waals surface area contributed by atoms with Gasteiger partial charge in [0.1, 0.15) is 11.6 Å². The van der Waals surface area contributed by atoms with E-state index in [1.807, 2.05) is 6.07 Å². The summed E-state index contributed by atoms with van der Waals surface area (Å²) in [5.41, 5.74) is 1.20. The third kappa shape index (κ3) is 7.14. The van der Waals surface area contributed by atoms with Gasteiger partial charge in [-0.2, -0.15) is 5.26 Å². The highest BCUT2D eigenvalue weighted by atomic mass is 16.2. The van der Waals surface area contributed by atoms with Gasteiger partial charge in [0.2, 0.25) is 5.91 Å². The van der Waals surface area contributed by atoms with Gasteiger partial charge in [-0.25, -0.2) is 0 Å². The van der Waals surface area contributed by atoms with E-state index < -0.39 is 5.91 Å². The van der Waals surface area contributed by atoms with Crippen molar-refractivity contribution in [1.29, 1.82) is 5.26 Å². The number of benzene rings is 1. The molecule has 0 radical (unpaired) electrons. The van der Waals surface area contributed by atoms with E-state index in [1.54, 1.807) is 24.3 Å². The third-order valence-electron chi connectivity index (χ3n) is 2.94. The number of nitrogens with one attached hydrogen (secondary N) is 3. The zero-order valence-corrected chi connectivity index (χ0v) is 13.6. The van der Waals surface area contributed by atoms with Crippen molar-refractivity contribution in [2.75, 3.05) is 17.2 Å². The molecule has 0 spiro atoms. The molecule has 1 aromatic rings. The van der Waals surface area contributed by atoms with E-state index in [-0.39, 0.29) is 11.5 Å². The van der Waals surface area contributed by atoms with Crippen molar-refractivity contribution in [3.05, 3.63) is 36.0 Å².